The third kappa shape index (κ3) is 3.71. The Morgan fingerprint density at radius 2 is 1.66 bits per heavy atom. The first kappa shape index (κ1) is 19.4. The van der Waals surface area contributed by atoms with Crippen LogP contribution in [0.1, 0.15) is 17.5 Å². The Morgan fingerprint density at radius 1 is 0.966 bits per heavy atom. The smallest absolute Gasteiger partial charge is 0.228 e. The van der Waals surface area contributed by atoms with Crippen molar-refractivity contribution in [3.63, 3.8) is 0 Å². The largest absolute Gasteiger partial charge is 0.368 e. The second kappa shape index (κ2) is 7.85. The second-order valence-electron chi connectivity index (χ2n) is 7.89. The second-order valence-corrected chi connectivity index (χ2v) is 7.89. The molecule has 2 saturated heterocycles. The molecule has 1 atom stereocenters. The van der Waals surface area contributed by atoms with Crippen molar-refractivity contribution in [1.82, 2.24) is 4.90 Å². The van der Waals surface area contributed by atoms with Gasteiger partial charge in [-0.2, -0.15) is 0 Å². The zero-order chi connectivity index (χ0) is 20.5. The molecule has 6 heteroatoms. The van der Waals surface area contributed by atoms with Crippen LogP contribution in [0.2, 0.25) is 0 Å². The molecule has 0 N–H and O–H groups in total. The van der Waals surface area contributed by atoms with Gasteiger partial charge in [-0.3, -0.25) is 9.59 Å². The highest BCUT2D eigenvalue weighted by Crippen LogP contribution is 2.29. The Balaban J connectivity index is 1.40. The highest BCUT2D eigenvalue weighted by molar-refractivity contribution is 6.00. The van der Waals surface area contributed by atoms with Crippen LogP contribution in [0.15, 0.2) is 42.5 Å². The van der Waals surface area contributed by atoms with Crippen LogP contribution in [-0.2, 0) is 9.59 Å². The number of anilines is 2. The topological polar surface area (TPSA) is 43.9 Å². The van der Waals surface area contributed by atoms with Crippen LogP contribution in [0.25, 0.3) is 0 Å². The molecular formula is C23H26FN3O2. The third-order valence-electron chi connectivity index (χ3n) is 6.13. The maximum Gasteiger partial charge on any atom is 0.228 e. The summed E-state index contributed by atoms with van der Waals surface area (Å²) in [6, 6.07) is 12.5. The molecule has 0 bridgehead atoms. The Kier molecular flexibility index (Phi) is 5.26. The Labute approximate surface area is 170 Å². The molecule has 0 saturated carbocycles. The molecule has 2 amide bonds. The molecule has 2 aromatic rings. The summed E-state index contributed by atoms with van der Waals surface area (Å²) in [5, 5.41) is 0. The normalized spacial score (nSPS) is 19.8. The average molecular weight is 395 g/mol. The predicted molar refractivity (Wildman–Crippen MR) is 112 cm³/mol. The Morgan fingerprint density at radius 3 is 2.38 bits per heavy atom. The van der Waals surface area contributed by atoms with E-state index in [1.54, 1.807) is 18.2 Å². The van der Waals surface area contributed by atoms with E-state index in [1.807, 2.05) is 4.90 Å². The Bertz CT molecular complexity index is 937. The summed E-state index contributed by atoms with van der Waals surface area (Å²) in [5.41, 5.74) is 4.01. The SMILES string of the molecule is Cc1cccc(N2CCN(C(=O)[C@@H]3CC(=O)N(c4ccccc4F)C3)CC2)c1C. The van der Waals surface area contributed by atoms with Gasteiger partial charge in [0.05, 0.1) is 11.6 Å². The van der Waals surface area contributed by atoms with E-state index in [2.05, 4.69) is 36.9 Å². The van der Waals surface area contributed by atoms with Gasteiger partial charge in [-0.05, 0) is 43.2 Å². The van der Waals surface area contributed by atoms with E-state index < -0.39 is 11.7 Å². The van der Waals surface area contributed by atoms with Crippen molar-refractivity contribution in [2.24, 2.45) is 5.92 Å². The minimum absolute atomic E-state index is 0.00203. The van der Waals surface area contributed by atoms with E-state index in [0.29, 0.717) is 13.1 Å². The fraction of sp³-hybridized carbons (Fsp3) is 0.391. The summed E-state index contributed by atoms with van der Waals surface area (Å²) in [4.78, 5) is 31.0. The average Bonchev–Trinajstić information content (AvgIpc) is 3.11. The quantitative estimate of drug-likeness (QED) is 0.802. The lowest BCUT2D eigenvalue weighted by Gasteiger charge is -2.38. The number of hydrogen-bond acceptors (Lipinski definition) is 3. The predicted octanol–water partition coefficient (Wildman–Crippen LogP) is 3.14. The van der Waals surface area contributed by atoms with Gasteiger partial charge in [0.2, 0.25) is 11.8 Å². The van der Waals surface area contributed by atoms with Gasteiger partial charge in [0, 0.05) is 44.8 Å². The van der Waals surface area contributed by atoms with Crippen molar-refractivity contribution in [1.29, 1.82) is 0 Å². The van der Waals surface area contributed by atoms with E-state index in [-0.39, 0.29) is 30.5 Å². The van der Waals surface area contributed by atoms with Gasteiger partial charge in [0.15, 0.2) is 0 Å². The van der Waals surface area contributed by atoms with Gasteiger partial charge in [0.1, 0.15) is 5.82 Å². The number of halogens is 1. The molecule has 2 fully saturated rings. The van der Waals surface area contributed by atoms with E-state index in [4.69, 9.17) is 0 Å². The number of carbonyl (C=O) groups excluding carboxylic acids is 2. The molecule has 2 aliphatic heterocycles. The molecule has 152 valence electrons. The molecule has 4 rings (SSSR count). The molecule has 5 nitrogen and oxygen atoms in total. The van der Waals surface area contributed by atoms with Gasteiger partial charge in [-0.1, -0.05) is 24.3 Å². The summed E-state index contributed by atoms with van der Waals surface area (Å²) in [7, 11) is 0. The fourth-order valence-corrected chi connectivity index (χ4v) is 4.28. The number of para-hydroxylation sites is 1. The van der Waals surface area contributed by atoms with Crippen molar-refractivity contribution in [2.45, 2.75) is 20.3 Å². The number of carbonyl (C=O) groups is 2. The van der Waals surface area contributed by atoms with E-state index >= 15 is 0 Å². The molecule has 2 heterocycles. The zero-order valence-corrected chi connectivity index (χ0v) is 16.9. The summed E-state index contributed by atoms with van der Waals surface area (Å²) in [5.74, 6) is -1.04. The molecule has 0 aromatic heterocycles. The van der Waals surface area contributed by atoms with Crippen LogP contribution in [0.4, 0.5) is 15.8 Å². The van der Waals surface area contributed by atoms with Crippen molar-refractivity contribution in [3.05, 3.63) is 59.4 Å². The van der Waals surface area contributed by atoms with Gasteiger partial charge >= 0.3 is 0 Å². The number of aryl methyl sites for hydroxylation is 1. The minimum atomic E-state index is -0.434. The number of piperazine rings is 1. The third-order valence-corrected chi connectivity index (χ3v) is 6.13. The maximum atomic E-state index is 14.1. The van der Waals surface area contributed by atoms with Crippen LogP contribution < -0.4 is 9.80 Å². The number of hydrogen-bond donors (Lipinski definition) is 0. The van der Waals surface area contributed by atoms with Gasteiger partial charge < -0.3 is 14.7 Å². The summed E-state index contributed by atoms with van der Waals surface area (Å²) >= 11 is 0. The standard InChI is InChI=1S/C23H26FN3O2/c1-16-6-5-9-20(17(16)2)25-10-12-26(13-11-25)23(29)18-14-22(28)27(15-18)21-8-4-3-7-19(21)24/h3-9,18H,10-15H2,1-2H3/t18-/m1/s1. The van der Waals surface area contributed by atoms with Gasteiger partial charge in [-0.25, -0.2) is 4.39 Å². The summed E-state index contributed by atoms with van der Waals surface area (Å²) in [6.07, 6.45) is 0.143. The Hall–Kier alpha value is -2.89. The van der Waals surface area contributed by atoms with Crippen molar-refractivity contribution in [3.8, 4) is 0 Å². The van der Waals surface area contributed by atoms with Crippen molar-refractivity contribution < 1.29 is 14.0 Å². The van der Waals surface area contributed by atoms with Crippen LogP contribution >= 0.6 is 0 Å². The highest BCUT2D eigenvalue weighted by Gasteiger charge is 2.38. The summed E-state index contributed by atoms with van der Waals surface area (Å²) in [6.45, 7) is 7.30. The molecule has 0 aliphatic carbocycles. The molecule has 2 aliphatic rings. The molecular weight excluding hydrogens is 369 g/mol. The van der Waals surface area contributed by atoms with Crippen molar-refractivity contribution in [2.75, 3.05) is 42.5 Å². The molecule has 29 heavy (non-hydrogen) atoms. The lowest BCUT2D eigenvalue weighted by molar-refractivity contribution is -0.136. The van der Waals surface area contributed by atoms with Crippen LogP contribution in [-0.4, -0.2) is 49.4 Å². The molecule has 0 unspecified atom stereocenters. The first-order valence-electron chi connectivity index (χ1n) is 10.1. The molecule has 0 radical (unpaired) electrons. The first-order valence-corrected chi connectivity index (χ1v) is 10.1. The fourth-order valence-electron chi connectivity index (χ4n) is 4.28. The van der Waals surface area contributed by atoms with E-state index in [0.717, 1.165) is 13.1 Å². The van der Waals surface area contributed by atoms with Crippen molar-refractivity contribution >= 4 is 23.2 Å². The van der Waals surface area contributed by atoms with E-state index in [9.17, 15) is 14.0 Å². The number of nitrogens with zero attached hydrogens (tertiary/aromatic N) is 3. The number of benzene rings is 2. The lowest BCUT2D eigenvalue weighted by atomic mass is 10.1. The maximum absolute atomic E-state index is 14.1. The molecule has 0 spiro atoms. The van der Waals surface area contributed by atoms with Gasteiger partial charge in [0.25, 0.3) is 0 Å². The first-order chi connectivity index (χ1) is 14.0. The number of amides is 2. The van der Waals surface area contributed by atoms with E-state index in [1.165, 1.54) is 27.8 Å². The highest BCUT2D eigenvalue weighted by atomic mass is 19.1. The molecule has 2 aromatic carbocycles. The zero-order valence-electron chi connectivity index (χ0n) is 16.9. The van der Waals surface area contributed by atoms with Gasteiger partial charge in [-0.15, -0.1) is 0 Å². The van der Waals surface area contributed by atoms with Crippen LogP contribution in [0.5, 0.6) is 0 Å². The number of rotatable bonds is 3. The summed E-state index contributed by atoms with van der Waals surface area (Å²) < 4.78 is 14.1. The minimum Gasteiger partial charge on any atom is -0.368 e. The lowest BCUT2D eigenvalue weighted by Crippen LogP contribution is -2.51. The van der Waals surface area contributed by atoms with Crippen LogP contribution in [0, 0.1) is 25.6 Å². The monoisotopic (exact) mass is 395 g/mol. The van der Waals surface area contributed by atoms with Crippen LogP contribution in [0.3, 0.4) is 0 Å².